The molecule has 3 aromatic rings. The van der Waals surface area contributed by atoms with E-state index in [9.17, 15) is 19.5 Å². The fourth-order valence-electron chi connectivity index (χ4n) is 5.61. The second-order valence-electron chi connectivity index (χ2n) is 10.7. The first-order valence-electron chi connectivity index (χ1n) is 13.9. The van der Waals surface area contributed by atoms with Crippen molar-refractivity contribution >= 4 is 29.0 Å². The molecule has 1 aliphatic carbocycles. The van der Waals surface area contributed by atoms with Gasteiger partial charge in [-0.2, -0.15) is 0 Å². The molecule has 2 amide bonds. The first-order valence-corrected chi connectivity index (χ1v) is 13.9. The third kappa shape index (κ3) is 6.43. The molecule has 0 heterocycles. The maximum absolute atomic E-state index is 14.0. The minimum atomic E-state index is -1.72. The van der Waals surface area contributed by atoms with Crippen molar-refractivity contribution in [3.8, 4) is 11.5 Å². The minimum absolute atomic E-state index is 0.351. The number of carbonyl (C=O) groups is 3. The number of nitrogens with one attached hydrogen (secondary N) is 2. The van der Waals surface area contributed by atoms with Gasteiger partial charge in [-0.1, -0.05) is 42.5 Å². The van der Waals surface area contributed by atoms with Gasteiger partial charge >= 0.3 is 0 Å². The lowest BCUT2D eigenvalue weighted by atomic mass is 9.61. The molecule has 41 heavy (non-hydrogen) atoms. The van der Waals surface area contributed by atoms with E-state index in [-0.39, 0.29) is 6.42 Å². The maximum atomic E-state index is 14.0. The highest BCUT2D eigenvalue weighted by Gasteiger charge is 2.56. The number of hydrogen-bond donors (Lipinski definition) is 3. The highest BCUT2D eigenvalue weighted by molar-refractivity contribution is 6.10. The Bertz CT molecular complexity index is 1430. The first kappa shape index (κ1) is 29.8. The molecule has 0 bridgehead atoms. The van der Waals surface area contributed by atoms with Crippen molar-refractivity contribution in [1.82, 2.24) is 0 Å². The minimum Gasteiger partial charge on any atom is -0.490 e. The third-order valence-corrected chi connectivity index (χ3v) is 7.59. The monoisotopic (exact) mass is 558 g/mol. The number of carbonyl (C=O) groups excluding carboxylic acids is 3. The molecular weight excluding hydrogens is 520 g/mol. The summed E-state index contributed by atoms with van der Waals surface area (Å²) in [5, 5.41) is 17.5. The first-order chi connectivity index (χ1) is 19.6. The quantitative estimate of drug-likeness (QED) is 0.302. The highest BCUT2D eigenvalue weighted by Crippen LogP contribution is 2.48. The predicted molar refractivity (Wildman–Crippen MR) is 158 cm³/mol. The van der Waals surface area contributed by atoms with Crippen LogP contribution in [0.1, 0.15) is 49.8 Å². The largest absolute Gasteiger partial charge is 0.490 e. The van der Waals surface area contributed by atoms with Gasteiger partial charge in [0.25, 0.3) is 0 Å². The zero-order valence-electron chi connectivity index (χ0n) is 24.2. The summed E-state index contributed by atoms with van der Waals surface area (Å²) in [5.74, 6) is -3.90. The van der Waals surface area contributed by atoms with Gasteiger partial charge in [0, 0.05) is 23.7 Å². The lowest BCUT2D eigenvalue weighted by Gasteiger charge is -2.44. The molecule has 1 saturated carbocycles. The molecule has 0 saturated heterocycles. The van der Waals surface area contributed by atoms with Crippen LogP contribution in [0.3, 0.4) is 0 Å². The summed E-state index contributed by atoms with van der Waals surface area (Å²) < 4.78 is 11.6. The van der Waals surface area contributed by atoms with Gasteiger partial charge < -0.3 is 25.2 Å². The topological polar surface area (TPSA) is 114 Å². The Labute approximate surface area is 241 Å². The van der Waals surface area contributed by atoms with Crippen LogP contribution in [-0.4, -0.2) is 41.5 Å². The standard InChI is InChI=1S/C33H38N2O6/c1-6-40-26-17-16-22(18-27(26)41-7-2)28-29(31(37)34-23-14-10-8-12-20(23)3)25(36)19-33(5,39)30(28)32(38)35-24-15-11-9-13-21(24)4/h8-18,28-30,39H,6-7,19H2,1-5H3,(H,34,37)(H,35,38). The van der Waals surface area contributed by atoms with Crippen LogP contribution in [0.2, 0.25) is 0 Å². The SMILES string of the molecule is CCOc1ccc(C2C(C(=O)Nc3ccccc3C)C(=O)CC(C)(O)C2C(=O)Nc2ccccc2C)cc1OCC. The zero-order valence-corrected chi connectivity index (χ0v) is 24.2. The summed E-state index contributed by atoms with van der Waals surface area (Å²) in [6.07, 6.45) is -0.351. The van der Waals surface area contributed by atoms with Crippen molar-refractivity contribution in [1.29, 1.82) is 0 Å². The Morgan fingerprint density at radius 1 is 0.854 bits per heavy atom. The number of rotatable bonds is 9. The number of ketones is 1. The van der Waals surface area contributed by atoms with Crippen molar-refractivity contribution in [2.45, 2.75) is 52.6 Å². The smallest absolute Gasteiger partial charge is 0.235 e. The number of hydrogen-bond acceptors (Lipinski definition) is 6. The van der Waals surface area contributed by atoms with Crippen LogP contribution in [-0.2, 0) is 14.4 Å². The third-order valence-electron chi connectivity index (χ3n) is 7.59. The average molecular weight is 559 g/mol. The van der Waals surface area contributed by atoms with E-state index in [2.05, 4.69) is 10.6 Å². The fourth-order valence-corrected chi connectivity index (χ4v) is 5.61. The molecule has 216 valence electrons. The maximum Gasteiger partial charge on any atom is 0.235 e. The van der Waals surface area contributed by atoms with E-state index in [1.807, 2.05) is 58.0 Å². The average Bonchev–Trinajstić information content (AvgIpc) is 2.91. The van der Waals surface area contributed by atoms with E-state index < -0.39 is 41.0 Å². The molecule has 1 aliphatic rings. The number of para-hydroxylation sites is 2. The number of aryl methyl sites for hydroxylation is 2. The summed E-state index contributed by atoms with van der Waals surface area (Å²) in [4.78, 5) is 41.6. The molecule has 0 aliphatic heterocycles. The van der Waals surface area contributed by atoms with Crippen molar-refractivity contribution in [3.63, 3.8) is 0 Å². The number of amides is 2. The zero-order chi connectivity index (χ0) is 29.7. The Morgan fingerprint density at radius 3 is 1.95 bits per heavy atom. The summed E-state index contributed by atoms with van der Waals surface area (Å²) in [6, 6.07) is 19.7. The second-order valence-corrected chi connectivity index (χ2v) is 10.7. The van der Waals surface area contributed by atoms with Crippen LogP contribution in [0, 0.1) is 25.7 Å². The second kappa shape index (κ2) is 12.6. The molecule has 3 aromatic carbocycles. The summed E-state index contributed by atoms with van der Waals surface area (Å²) in [7, 11) is 0. The van der Waals surface area contributed by atoms with Crippen molar-refractivity contribution < 1.29 is 29.0 Å². The Kier molecular flexibility index (Phi) is 9.13. The van der Waals surface area contributed by atoms with Gasteiger partial charge in [-0.25, -0.2) is 0 Å². The molecule has 4 atom stereocenters. The summed E-state index contributed by atoms with van der Waals surface area (Å²) in [6.45, 7) is 9.69. The van der Waals surface area contributed by atoms with E-state index >= 15 is 0 Å². The van der Waals surface area contributed by atoms with Crippen LogP contribution in [0.25, 0.3) is 0 Å². The fraction of sp³-hybridized carbons (Fsp3) is 0.364. The van der Waals surface area contributed by atoms with Gasteiger partial charge in [-0.05, 0) is 75.6 Å². The number of ether oxygens (including phenoxy) is 2. The molecule has 3 N–H and O–H groups in total. The molecule has 0 aromatic heterocycles. The van der Waals surface area contributed by atoms with Gasteiger partial charge in [0.05, 0.1) is 24.7 Å². The Balaban J connectivity index is 1.84. The molecule has 8 nitrogen and oxygen atoms in total. The Hall–Kier alpha value is -4.17. The lowest BCUT2D eigenvalue weighted by molar-refractivity contribution is -0.150. The van der Waals surface area contributed by atoms with E-state index in [0.29, 0.717) is 41.7 Å². The molecule has 1 fully saturated rings. The van der Waals surface area contributed by atoms with E-state index in [1.165, 1.54) is 6.92 Å². The van der Waals surface area contributed by atoms with Gasteiger partial charge in [-0.3, -0.25) is 14.4 Å². The van der Waals surface area contributed by atoms with E-state index in [4.69, 9.17) is 9.47 Å². The van der Waals surface area contributed by atoms with Crippen LogP contribution in [0.15, 0.2) is 66.7 Å². The van der Waals surface area contributed by atoms with Crippen molar-refractivity contribution in [2.75, 3.05) is 23.8 Å². The van der Waals surface area contributed by atoms with Crippen LogP contribution in [0.4, 0.5) is 11.4 Å². The number of Topliss-reactive ketones (excluding diaryl/α,β-unsaturated/α-hetero) is 1. The van der Waals surface area contributed by atoms with E-state index in [0.717, 1.165) is 11.1 Å². The number of benzene rings is 3. The van der Waals surface area contributed by atoms with Gasteiger partial charge in [0.15, 0.2) is 11.5 Å². The van der Waals surface area contributed by atoms with Gasteiger partial charge in [0.1, 0.15) is 11.7 Å². The molecular formula is C33H38N2O6. The van der Waals surface area contributed by atoms with Crippen molar-refractivity contribution in [3.05, 3.63) is 83.4 Å². The van der Waals surface area contributed by atoms with E-state index in [1.54, 1.807) is 36.4 Å². The highest BCUT2D eigenvalue weighted by atomic mass is 16.5. The number of anilines is 2. The molecule has 0 spiro atoms. The molecule has 0 radical (unpaired) electrons. The normalized spacial score (nSPS) is 22.1. The Morgan fingerprint density at radius 2 is 1.39 bits per heavy atom. The lowest BCUT2D eigenvalue weighted by Crippen LogP contribution is -2.56. The van der Waals surface area contributed by atoms with Gasteiger partial charge in [0.2, 0.25) is 11.8 Å². The number of aliphatic hydroxyl groups is 1. The van der Waals surface area contributed by atoms with Crippen LogP contribution >= 0.6 is 0 Å². The van der Waals surface area contributed by atoms with Crippen molar-refractivity contribution in [2.24, 2.45) is 11.8 Å². The molecule has 4 rings (SSSR count). The molecule has 8 heteroatoms. The van der Waals surface area contributed by atoms with Crippen LogP contribution in [0.5, 0.6) is 11.5 Å². The van der Waals surface area contributed by atoms with Gasteiger partial charge in [-0.15, -0.1) is 0 Å². The summed E-state index contributed by atoms with van der Waals surface area (Å²) >= 11 is 0. The molecule has 4 unspecified atom stereocenters. The summed E-state index contributed by atoms with van der Waals surface area (Å²) in [5.41, 5.74) is 1.63. The predicted octanol–water partition coefficient (Wildman–Crippen LogP) is 5.42. The van der Waals surface area contributed by atoms with Crippen LogP contribution < -0.4 is 20.1 Å².